The highest BCUT2D eigenvalue weighted by Gasteiger charge is 2.15. The van der Waals surface area contributed by atoms with Crippen LogP contribution in [0.25, 0.3) is 0 Å². The van der Waals surface area contributed by atoms with Gasteiger partial charge >= 0.3 is 5.97 Å². The van der Waals surface area contributed by atoms with Crippen molar-refractivity contribution < 1.29 is 24.2 Å². The minimum absolute atomic E-state index is 0.0180. The van der Waals surface area contributed by atoms with Gasteiger partial charge in [0.05, 0.1) is 6.54 Å². The van der Waals surface area contributed by atoms with Gasteiger partial charge in [0.15, 0.2) is 6.61 Å². The summed E-state index contributed by atoms with van der Waals surface area (Å²) in [5.41, 5.74) is 3.30. The number of aromatic hydroxyl groups is 1. The van der Waals surface area contributed by atoms with E-state index in [0.29, 0.717) is 5.69 Å². The van der Waals surface area contributed by atoms with Crippen LogP contribution in [0.15, 0.2) is 36.4 Å². The highest BCUT2D eigenvalue weighted by atomic mass is 16.5. The Hall–Kier alpha value is -3.35. The molecule has 0 radical (unpaired) electrons. The van der Waals surface area contributed by atoms with E-state index in [4.69, 9.17) is 4.74 Å². The molecular weight excluding hydrogens is 348 g/mol. The van der Waals surface area contributed by atoms with Gasteiger partial charge in [-0.3, -0.25) is 9.59 Å². The number of phenols is 1. The van der Waals surface area contributed by atoms with E-state index in [1.54, 1.807) is 13.0 Å². The monoisotopic (exact) mass is 370 g/mol. The molecule has 0 aliphatic rings. The highest BCUT2D eigenvalue weighted by molar-refractivity contribution is 5.97. The molecule has 0 spiro atoms. The lowest BCUT2D eigenvalue weighted by atomic mass is 10.1. The number of carbonyl (C=O) groups excluding carboxylic acids is 3. The predicted molar refractivity (Wildman–Crippen MR) is 101 cm³/mol. The second-order valence-electron chi connectivity index (χ2n) is 6.19. The molecule has 0 aromatic heterocycles. The van der Waals surface area contributed by atoms with Crippen molar-refractivity contribution >= 4 is 23.5 Å². The van der Waals surface area contributed by atoms with E-state index in [1.165, 1.54) is 12.1 Å². The third-order valence-electron chi connectivity index (χ3n) is 3.90. The molecule has 27 heavy (non-hydrogen) atoms. The number of para-hydroxylation sites is 1. The summed E-state index contributed by atoms with van der Waals surface area (Å²) in [6, 6.07) is 10.1. The highest BCUT2D eigenvalue weighted by Crippen LogP contribution is 2.19. The summed E-state index contributed by atoms with van der Waals surface area (Å²) in [4.78, 5) is 35.7. The largest absolute Gasteiger partial charge is 0.507 e. The molecule has 3 N–H and O–H groups in total. The van der Waals surface area contributed by atoms with Gasteiger partial charge in [-0.15, -0.1) is 0 Å². The summed E-state index contributed by atoms with van der Waals surface area (Å²) in [6.07, 6.45) is 0. The Bertz CT molecular complexity index is 856. The Balaban J connectivity index is 1.81. The number of benzene rings is 2. The molecule has 2 aromatic carbocycles. The lowest BCUT2D eigenvalue weighted by Crippen LogP contribution is -2.35. The zero-order valence-electron chi connectivity index (χ0n) is 15.5. The summed E-state index contributed by atoms with van der Waals surface area (Å²) >= 11 is 0. The number of esters is 1. The number of carbonyl (C=O) groups is 3. The Morgan fingerprint density at radius 1 is 1.00 bits per heavy atom. The molecule has 0 bridgehead atoms. The van der Waals surface area contributed by atoms with E-state index in [9.17, 15) is 19.5 Å². The molecule has 7 heteroatoms. The number of hydrogen-bond acceptors (Lipinski definition) is 5. The van der Waals surface area contributed by atoms with E-state index < -0.39 is 18.5 Å². The number of nitrogens with one attached hydrogen (secondary N) is 2. The average molecular weight is 370 g/mol. The first-order valence-electron chi connectivity index (χ1n) is 8.37. The second-order valence-corrected chi connectivity index (χ2v) is 6.19. The SMILES string of the molecule is Cc1ccc(O)c(C(=O)OCC(=O)NCC(=O)Nc2c(C)cccc2C)c1. The minimum atomic E-state index is -0.814. The summed E-state index contributed by atoms with van der Waals surface area (Å²) in [6.45, 7) is 4.71. The number of hydrogen-bond donors (Lipinski definition) is 3. The fourth-order valence-corrected chi connectivity index (χ4v) is 2.45. The predicted octanol–water partition coefficient (Wildman–Crippen LogP) is 2.23. The van der Waals surface area contributed by atoms with Crippen molar-refractivity contribution in [3.63, 3.8) is 0 Å². The van der Waals surface area contributed by atoms with E-state index in [0.717, 1.165) is 16.7 Å². The third kappa shape index (κ3) is 5.57. The maximum atomic E-state index is 12.0. The van der Waals surface area contributed by atoms with Crippen molar-refractivity contribution in [2.45, 2.75) is 20.8 Å². The number of rotatable bonds is 6. The maximum Gasteiger partial charge on any atom is 0.342 e. The molecule has 0 aliphatic carbocycles. The van der Waals surface area contributed by atoms with Crippen LogP contribution in [0, 0.1) is 20.8 Å². The van der Waals surface area contributed by atoms with Gasteiger partial charge in [0.2, 0.25) is 5.91 Å². The molecule has 2 amide bonds. The van der Waals surface area contributed by atoms with Crippen LogP contribution in [0.3, 0.4) is 0 Å². The van der Waals surface area contributed by atoms with Gasteiger partial charge in [-0.05, 0) is 44.0 Å². The van der Waals surface area contributed by atoms with Gasteiger partial charge in [0.25, 0.3) is 5.91 Å². The van der Waals surface area contributed by atoms with Crippen LogP contribution in [0.1, 0.15) is 27.0 Å². The van der Waals surface area contributed by atoms with Crippen LogP contribution in [0.2, 0.25) is 0 Å². The van der Waals surface area contributed by atoms with Crippen molar-refractivity contribution in [3.05, 3.63) is 58.7 Å². The molecule has 0 unspecified atom stereocenters. The van der Waals surface area contributed by atoms with Gasteiger partial charge in [-0.1, -0.05) is 29.8 Å². The standard InChI is InChI=1S/C20H22N2O5/c1-12-7-8-16(23)15(9-12)20(26)27-11-18(25)21-10-17(24)22-19-13(2)5-4-6-14(19)3/h4-9,23H,10-11H2,1-3H3,(H,21,25)(H,22,24). The van der Waals surface area contributed by atoms with Crippen molar-refractivity contribution in [1.29, 1.82) is 0 Å². The third-order valence-corrected chi connectivity index (χ3v) is 3.90. The van der Waals surface area contributed by atoms with Crippen LogP contribution in [0.5, 0.6) is 5.75 Å². The summed E-state index contributed by atoms with van der Waals surface area (Å²) in [5, 5.41) is 14.8. The van der Waals surface area contributed by atoms with Gasteiger partial charge in [0.1, 0.15) is 11.3 Å². The quantitative estimate of drug-likeness (QED) is 0.677. The van der Waals surface area contributed by atoms with Crippen LogP contribution >= 0.6 is 0 Å². The number of ether oxygens (including phenoxy) is 1. The summed E-state index contributed by atoms with van der Waals surface area (Å²) in [7, 11) is 0. The molecule has 0 atom stereocenters. The molecule has 2 aromatic rings. The summed E-state index contributed by atoms with van der Waals surface area (Å²) in [5.74, 6) is -2.04. The molecular formula is C20H22N2O5. The lowest BCUT2D eigenvalue weighted by molar-refractivity contribution is -0.126. The van der Waals surface area contributed by atoms with E-state index in [2.05, 4.69) is 10.6 Å². The van der Waals surface area contributed by atoms with Crippen molar-refractivity contribution in [2.75, 3.05) is 18.5 Å². The molecule has 0 saturated carbocycles. The van der Waals surface area contributed by atoms with Crippen molar-refractivity contribution in [2.24, 2.45) is 0 Å². The zero-order chi connectivity index (χ0) is 20.0. The molecule has 7 nitrogen and oxygen atoms in total. The first kappa shape index (κ1) is 20.0. The number of aryl methyl sites for hydroxylation is 3. The van der Waals surface area contributed by atoms with Gasteiger partial charge < -0.3 is 20.5 Å². The van der Waals surface area contributed by atoms with Gasteiger partial charge in [0, 0.05) is 5.69 Å². The van der Waals surface area contributed by atoms with Gasteiger partial charge in [-0.2, -0.15) is 0 Å². The fourth-order valence-electron chi connectivity index (χ4n) is 2.45. The number of amides is 2. The zero-order valence-corrected chi connectivity index (χ0v) is 15.5. The molecule has 0 saturated heterocycles. The smallest absolute Gasteiger partial charge is 0.342 e. The molecule has 0 heterocycles. The Morgan fingerprint density at radius 2 is 1.67 bits per heavy atom. The second kappa shape index (κ2) is 8.84. The Kier molecular flexibility index (Phi) is 6.54. The van der Waals surface area contributed by atoms with Crippen LogP contribution in [-0.2, 0) is 14.3 Å². The van der Waals surface area contributed by atoms with Crippen LogP contribution in [-0.4, -0.2) is 36.0 Å². The maximum absolute atomic E-state index is 12.0. The fraction of sp³-hybridized carbons (Fsp3) is 0.250. The topological polar surface area (TPSA) is 105 Å². The molecule has 2 rings (SSSR count). The van der Waals surface area contributed by atoms with Crippen LogP contribution < -0.4 is 10.6 Å². The Morgan fingerprint density at radius 3 is 2.33 bits per heavy atom. The van der Waals surface area contributed by atoms with E-state index >= 15 is 0 Å². The summed E-state index contributed by atoms with van der Waals surface area (Å²) < 4.78 is 4.87. The first-order chi connectivity index (χ1) is 12.8. The van der Waals surface area contributed by atoms with Crippen molar-refractivity contribution in [1.82, 2.24) is 5.32 Å². The number of phenolic OH excluding ortho intramolecular Hbond substituents is 1. The molecule has 0 aliphatic heterocycles. The Labute approximate surface area is 157 Å². The normalized spacial score (nSPS) is 10.2. The minimum Gasteiger partial charge on any atom is -0.507 e. The molecule has 142 valence electrons. The van der Waals surface area contributed by atoms with E-state index in [1.807, 2.05) is 32.0 Å². The van der Waals surface area contributed by atoms with Crippen LogP contribution in [0.4, 0.5) is 5.69 Å². The first-order valence-corrected chi connectivity index (χ1v) is 8.37. The molecule has 0 fully saturated rings. The lowest BCUT2D eigenvalue weighted by Gasteiger charge is -2.12. The van der Waals surface area contributed by atoms with Gasteiger partial charge in [-0.25, -0.2) is 4.79 Å². The average Bonchev–Trinajstić information content (AvgIpc) is 2.63. The van der Waals surface area contributed by atoms with E-state index in [-0.39, 0.29) is 23.8 Å². The van der Waals surface area contributed by atoms with Crippen molar-refractivity contribution in [3.8, 4) is 5.75 Å². The number of anilines is 1.